The number of aryl methyl sites for hydroxylation is 2. The van der Waals surface area contributed by atoms with Crippen LogP contribution >= 0.6 is 0 Å². The fourth-order valence-corrected chi connectivity index (χ4v) is 3.42. The first-order valence-electron chi connectivity index (χ1n) is 6.85. The molecule has 8 nitrogen and oxygen atoms in total. The van der Waals surface area contributed by atoms with Gasteiger partial charge in [0.05, 0.1) is 0 Å². The maximum atomic E-state index is 12.4. The number of nitrogens with zero attached hydrogens (tertiary/aromatic N) is 1. The second-order valence-corrected chi connectivity index (χ2v) is 6.63. The number of nitrogens with one attached hydrogen (secondary N) is 1. The van der Waals surface area contributed by atoms with Gasteiger partial charge >= 0.3 is 5.97 Å². The number of anilines is 2. The van der Waals surface area contributed by atoms with Crippen molar-refractivity contribution in [1.82, 2.24) is 5.16 Å². The van der Waals surface area contributed by atoms with Crippen LogP contribution in [0.3, 0.4) is 0 Å². The summed E-state index contributed by atoms with van der Waals surface area (Å²) in [4.78, 5) is 10.3. The smallest absolute Gasteiger partial charge is 0.303 e. The molecule has 0 saturated carbocycles. The Morgan fingerprint density at radius 2 is 2.17 bits per heavy atom. The molecule has 2 aromatic rings. The number of carboxylic acids is 1. The van der Waals surface area contributed by atoms with Crippen molar-refractivity contribution < 1.29 is 22.8 Å². The summed E-state index contributed by atoms with van der Waals surface area (Å²) >= 11 is 0. The van der Waals surface area contributed by atoms with Crippen LogP contribution in [0.1, 0.15) is 24.2 Å². The quantitative estimate of drug-likeness (QED) is 0.699. The third-order valence-corrected chi connectivity index (χ3v) is 4.68. The molecule has 0 radical (unpaired) electrons. The third-order valence-electron chi connectivity index (χ3n) is 3.14. The Labute approximate surface area is 133 Å². The Hall–Kier alpha value is -2.55. The first-order chi connectivity index (χ1) is 10.8. The maximum absolute atomic E-state index is 12.4. The second kappa shape index (κ2) is 6.69. The van der Waals surface area contributed by atoms with Crippen molar-refractivity contribution in [2.24, 2.45) is 0 Å². The molecule has 0 amide bonds. The molecule has 1 aromatic heterocycles. The van der Waals surface area contributed by atoms with E-state index in [-0.39, 0.29) is 22.9 Å². The van der Waals surface area contributed by atoms with Crippen LogP contribution in [0.5, 0.6) is 0 Å². The van der Waals surface area contributed by atoms with Gasteiger partial charge in [0.15, 0.2) is 16.5 Å². The summed E-state index contributed by atoms with van der Waals surface area (Å²) in [5.41, 5.74) is 6.72. The predicted octanol–water partition coefficient (Wildman–Crippen LogP) is 1.77. The first kappa shape index (κ1) is 16.8. The molecule has 2 rings (SSSR count). The fourth-order valence-electron chi connectivity index (χ4n) is 2.15. The number of sulfonamides is 1. The number of carbonyl (C=O) groups is 1. The lowest BCUT2D eigenvalue weighted by molar-refractivity contribution is -0.137. The number of carboxylic acid groups (broad SMARTS) is 1. The molecule has 0 aliphatic carbocycles. The van der Waals surface area contributed by atoms with E-state index in [0.29, 0.717) is 18.5 Å². The first-order valence-corrected chi connectivity index (χ1v) is 8.33. The summed E-state index contributed by atoms with van der Waals surface area (Å²) in [6.45, 7) is 1.46. The topological polar surface area (TPSA) is 136 Å². The van der Waals surface area contributed by atoms with E-state index in [1.165, 1.54) is 6.92 Å². The van der Waals surface area contributed by atoms with Crippen molar-refractivity contribution in [3.05, 3.63) is 35.6 Å². The van der Waals surface area contributed by atoms with Crippen LogP contribution in [0.4, 0.5) is 11.5 Å². The van der Waals surface area contributed by atoms with Crippen LogP contribution in [-0.4, -0.2) is 24.7 Å². The second-order valence-electron chi connectivity index (χ2n) is 5.01. The zero-order valence-corrected chi connectivity index (χ0v) is 13.3. The van der Waals surface area contributed by atoms with E-state index in [1.807, 2.05) is 0 Å². The zero-order chi connectivity index (χ0) is 17.0. The molecule has 0 saturated heterocycles. The van der Waals surface area contributed by atoms with Gasteiger partial charge in [-0.15, -0.1) is 0 Å². The van der Waals surface area contributed by atoms with Gasteiger partial charge in [-0.3, -0.25) is 9.52 Å². The molecule has 1 heterocycles. The fraction of sp³-hybridized carbons (Fsp3) is 0.286. The Kier molecular flexibility index (Phi) is 4.89. The van der Waals surface area contributed by atoms with Gasteiger partial charge in [-0.05, 0) is 37.5 Å². The molecule has 1 aromatic carbocycles. The lowest BCUT2D eigenvalue weighted by atomic mass is 10.1. The molecule has 0 bridgehead atoms. The van der Waals surface area contributed by atoms with E-state index < -0.39 is 16.0 Å². The van der Waals surface area contributed by atoms with E-state index in [2.05, 4.69) is 9.88 Å². The highest BCUT2D eigenvalue weighted by atomic mass is 32.2. The minimum atomic E-state index is -3.91. The number of hydrogen-bond donors (Lipinski definition) is 3. The van der Waals surface area contributed by atoms with Gasteiger partial charge in [0.1, 0.15) is 0 Å². The van der Waals surface area contributed by atoms with Gasteiger partial charge in [-0.2, -0.15) is 0 Å². The van der Waals surface area contributed by atoms with Crippen molar-refractivity contribution >= 4 is 27.5 Å². The number of nitrogens with two attached hydrogens (primary N) is 1. The summed E-state index contributed by atoms with van der Waals surface area (Å²) in [5.74, 6) is -0.958. The largest absolute Gasteiger partial charge is 0.481 e. The molecule has 0 unspecified atom stereocenters. The van der Waals surface area contributed by atoms with E-state index in [1.54, 1.807) is 24.3 Å². The van der Waals surface area contributed by atoms with Crippen molar-refractivity contribution in [2.75, 3.05) is 10.5 Å². The van der Waals surface area contributed by atoms with Crippen molar-refractivity contribution in [3.8, 4) is 0 Å². The highest BCUT2D eigenvalue weighted by molar-refractivity contribution is 7.93. The van der Waals surface area contributed by atoms with Gasteiger partial charge in [0.25, 0.3) is 10.0 Å². The Balaban J connectivity index is 2.15. The summed E-state index contributed by atoms with van der Waals surface area (Å²) in [6.07, 6.45) is 1.08. The number of nitrogen functional groups attached to an aromatic ring is 1. The normalized spacial score (nSPS) is 11.3. The van der Waals surface area contributed by atoms with E-state index in [4.69, 9.17) is 15.4 Å². The highest BCUT2D eigenvalue weighted by Gasteiger charge is 2.25. The molecule has 9 heteroatoms. The lowest BCUT2D eigenvalue weighted by Gasteiger charge is -2.09. The van der Waals surface area contributed by atoms with Crippen molar-refractivity contribution in [3.63, 3.8) is 0 Å². The van der Waals surface area contributed by atoms with Gasteiger partial charge in [0, 0.05) is 12.1 Å². The Morgan fingerprint density at radius 1 is 1.43 bits per heavy atom. The molecule has 0 spiro atoms. The molecular weight excluding hydrogens is 322 g/mol. The minimum Gasteiger partial charge on any atom is -0.481 e. The highest BCUT2D eigenvalue weighted by Crippen LogP contribution is 2.24. The van der Waals surface area contributed by atoms with Gasteiger partial charge in [-0.1, -0.05) is 17.3 Å². The number of rotatable bonds is 7. The van der Waals surface area contributed by atoms with Crippen LogP contribution < -0.4 is 10.5 Å². The maximum Gasteiger partial charge on any atom is 0.303 e. The number of aromatic nitrogens is 1. The number of aliphatic carboxylic acids is 1. The summed E-state index contributed by atoms with van der Waals surface area (Å²) in [5, 5.41) is 12.1. The van der Waals surface area contributed by atoms with Crippen LogP contribution in [0.2, 0.25) is 0 Å². The van der Waals surface area contributed by atoms with Crippen LogP contribution in [0.25, 0.3) is 0 Å². The number of hydrogen-bond acceptors (Lipinski definition) is 6. The molecule has 4 N–H and O–H groups in total. The van der Waals surface area contributed by atoms with Gasteiger partial charge in [0.2, 0.25) is 0 Å². The van der Waals surface area contributed by atoms with Crippen molar-refractivity contribution in [1.29, 1.82) is 0 Å². The van der Waals surface area contributed by atoms with E-state index in [0.717, 1.165) is 5.56 Å². The minimum absolute atomic E-state index is 0.0619. The molecule has 0 fully saturated rings. The third kappa shape index (κ3) is 4.22. The van der Waals surface area contributed by atoms with Gasteiger partial charge in [-0.25, -0.2) is 8.42 Å². The van der Waals surface area contributed by atoms with Crippen LogP contribution in [0.15, 0.2) is 33.7 Å². The van der Waals surface area contributed by atoms with Crippen molar-refractivity contribution in [2.45, 2.75) is 31.1 Å². The Morgan fingerprint density at radius 3 is 2.78 bits per heavy atom. The lowest BCUT2D eigenvalue weighted by Crippen LogP contribution is -2.15. The standard InChI is InChI=1S/C14H17N3O5S/c1-9-13(14(15)16-22-9)23(20,21)17-11-6-2-4-10(8-11)5-3-7-12(18)19/h2,4,6,8,17H,3,5,7H2,1H3,(H2,15,16)(H,18,19). The average Bonchev–Trinajstić information content (AvgIpc) is 2.78. The van der Waals surface area contributed by atoms with E-state index >= 15 is 0 Å². The average molecular weight is 339 g/mol. The zero-order valence-electron chi connectivity index (χ0n) is 12.4. The summed E-state index contributed by atoms with van der Waals surface area (Å²) in [7, 11) is -3.91. The number of benzene rings is 1. The molecule has 0 aliphatic heterocycles. The van der Waals surface area contributed by atoms with Gasteiger partial charge < -0.3 is 15.4 Å². The Bertz CT molecular complexity index is 794. The summed E-state index contributed by atoms with van der Waals surface area (Å²) < 4.78 is 31.9. The molecule has 23 heavy (non-hydrogen) atoms. The molecule has 124 valence electrons. The monoisotopic (exact) mass is 339 g/mol. The molecule has 0 aliphatic rings. The predicted molar refractivity (Wildman–Crippen MR) is 83.5 cm³/mol. The molecule has 0 atom stereocenters. The van der Waals surface area contributed by atoms with Crippen LogP contribution in [-0.2, 0) is 21.2 Å². The summed E-state index contributed by atoms with van der Waals surface area (Å²) in [6, 6.07) is 6.74. The van der Waals surface area contributed by atoms with Crippen LogP contribution in [0, 0.1) is 6.92 Å². The molecular formula is C14H17N3O5S. The SMILES string of the molecule is Cc1onc(N)c1S(=O)(=O)Nc1cccc(CCCC(=O)O)c1. The van der Waals surface area contributed by atoms with E-state index in [9.17, 15) is 13.2 Å².